The first-order valence-electron chi connectivity index (χ1n) is 10.8. The molecule has 4 saturated heterocycles. The molecule has 0 atom stereocenters. The zero-order valence-corrected chi connectivity index (χ0v) is 18.1. The van der Waals surface area contributed by atoms with Crippen LogP contribution in [-0.4, -0.2) is 78.4 Å². The number of nitrogens with one attached hydrogen (secondary N) is 1. The number of nitrogens with zero attached hydrogens (tertiary/aromatic N) is 6. The van der Waals surface area contributed by atoms with Crippen LogP contribution in [0.4, 0.5) is 26.4 Å². The van der Waals surface area contributed by atoms with Gasteiger partial charge in [0.1, 0.15) is 17.3 Å². The summed E-state index contributed by atoms with van der Waals surface area (Å²) in [5, 5.41) is 2.34. The summed E-state index contributed by atoms with van der Waals surface area (Å²) in [5.74, 6) is 0.891. The van der Waals surface area contributed by atoms with E-state index in [2.05, 4.69) is 35.1 Å². The van der Waals surface area contributed by atoms with E-state index in [9.17, 15) is 13.6 Å². The summed E-state index contributed by atoms with van der Waals surface area (Å²) in [6.45, 7) is 7.42. The highest BCUT2D eigenvalue weighted by molar-refractivity contribution is 5.86. The summed E-state index contributed by atoms with van der Waals surface area (Å²) in [7, 11) is 0. The standard InChI is InChI=1S/C21H23F2N7O3/c1-12(31)25-19-24-3-13(16(28-19)17(22)23)18-26-14(29-4-20(5-29)8-32-9-20)2-15(27-18)30-6-21(7-30)10-33-11-21/h2-3,17H,4-11H2,1H3,(H,24,25,28,31). The molecule has 2 aromatic heterocycles. The van der Waals surface area contributed by atoms with E-state index in [1.807, 2.05) is 6.07 Å². The Hall–Kier alpha value is -2.99. The molecule has 0 unspecified atom stereocenters. The van der Waals surface area contributed by atoms with Gasteiger partial charge in [0.25, 0.3) is 6.43 Å². The molecule has 6 heterocycles. The number of ether oxygens (including phenoxy) is 2. The van der Waals surface area contributed by atoms with Crippen LogP contribution in [0.3, 0.4) is 0 Å². The molecular weight excluding hydrogens is 436 g/mol. The Morgan fingerprint density at radius 2 is 1.55 bits per heavy atom. The van der Waals surface area contributed by atoms with Gasteiger partial charge in [-0.05, 0) is 0 Å². The zero-order valence-electron chi connectivity index (χ0n) is 18.1. The SMILES string of the molecule is CC(=O)Nc1ncc(-c2nc(N3CC4(COC4)C3)cc(N3CC4(COC4)C3)n2)c(C(F)F)n1. The van der Waals surface area contributed by atoms with Gasteiger partial charge in [-0.2, -0.15) is 0 Å². The van der Waals surface area contributed by atoms with Crippen LogP contribution >= 0.6 is 0 Å². The van der Waals surface area contributed by atoms with Crippen LogP contribution in [0.5, 0.6) is 0 Å². The molecule has 0 aromatic carbocycles. The lowest BCUT2D eigenvalue weighted by Gasteiger charge is -2.56. The van der Waals surface area contributed by atoms with Gasteiger partial charge in [0.2, 0.25) is 11.9 Å². The fraction of sp³-hybridized carbons (Fsp3) is 0.571. The Kier molecular flexibility index (Phi) is 4.53. The van der Waals surface area contributed by atoms with E-state index in [0.29, 0.717) is 11.6 Å². The third kappa shape index (κ3) is 3.48. The number of amides is 1. The van der Waals surface area contributed by atoms with Gasteiger partial charge in [0.05, 0.1) is 42.8 Å². The normalized spacial score (nSPS) is 21.9. The average molecular weight is 459 g/mol. The molecule has 2 spiro atoms. The Morgan fingerprint density at radius 1 is 1.00 bits per heavy atom. The van der Waals surface area contributed by atoms with Crippen molar-refractivity contribution in [1.82, 2.24) is 19.9 Å². The van der Waals surface area contributed by atoms with Gasteiger partial charge >= 0.3 is 0 Å². The lowest BCUT2D eigenvalue weighted by atomic mass is 9.77. The van der Waals surface area contributed by atoms with E-state index < -0.39 is 18.0 Å². The minimum Gasteiger partial charge on any atom is -0.380 e. The highest BCUT2D eigenvalue weighted by Crippen LogP contribution is 2.43. The van der Waals surface area contributed by atoms with E-state index in [1.54, 1.807) is 0 Å². The number of carbonyl (C=O) groups excluding carboxylic acids is 1. The molecule has 1 amide bonds. The first kappa shape index (κ1) is 20.6. The van der Waals surface area contributed by atoms with Gasteiger partial charge in [-0.15, -0.1) is 0 Å². The first-order chi connectivity index (χ1) is 15.8. The largest absolute Gasteiger partial charge is 0.380 e. The molecule has 33 heavy (non-hydrogen) atoms. The van der Waals surface area contributed by atoms with E-state index in [4.69, 9.17) is 9.47 Å². The second kappa shape index (κ2) is 7.26. The van der Waals surface area contributed by atoms with Crippen LogP contribution in [0.15, 0.2) is 12.3 Å². The minimum atomic E-state index is -2.88. The maximum atomic E-state index is 13.9. The van der Waals surface area contributed by atoms with Crippen molar-refractivity contribution in [3.05, 3.63) is 18.0 Å². The van der Waals surface area contributed by atoms with E-state index in [-0.39, 0.29) is 28.2 Å². The third-order valence-corrected chi connectivity index (χ3v) is 6.64. The third-order valence-electron chi connectivity index (χ3n) is 6.64. The molecule has 12 heteroatoms. The Balaban J connectivity index is 1.36. The minimum absolute atomic E-state index is 0.0478. The van der Waals surface area contributed by atoms with Crippen molar-refractivity contribution in [1.29, 1.82) is 0 Å². The molecule has 6 rings (SSSR count). The number of rotatable bonds is 5. The van der Waals surface area contributed by atoms with Crippen LogP contribution in [0.25, 0.3) is 11.4 Å². The highest BCUT2D eigenvalue weighted by atomic mass is 19.3. The van der Waals surface area contributed by atoms with Crippen molar-refractivity contribution >= 4 is 23.5 Å². The van der Waals surface area contributed by atoms with E-state index in [0.717, 1.165) is 52.6 Å². The van der Waals surface area contributed by atoms with Crippen LogP contribution < -0.4 is 15.1 Å². The molecule has 4 aliphatic heterocycles. The summed E-state index contributed by atoms with van der Waals surface area (Å²) < 4.78 is 38.5. The Morgan fingerprint density at radius 3 is 1.97 bits per heavy atom. The number of hydrogen-bond acceptors (Lipinski definition) is 9. The number of hydrogen-bond donors (Lipinski definition) is 1. The predicted octanol–water partition coefficient (Wildman–Crippen LogP) is 1.50. The molecule has 4 fully saturated rings. The summed E-state index contributed by atoms with van der Waals surface area (Å²) in [6.07, 6.45) is -1.64. The van der Waals surface area contributed by atoms with Gasteiger partial charge in [-0.25, -0.2) is 28.7 Å². The molecular formula is C21H23F2N7O3. The number of anilines is 3. The van der Waals surface area contributed by atoms with Crippen molar-refractivity contribution in [3.63, 3.8) is 0 Å². The maximum absolute atomic E-state index is 13.9. The van der Waals surface area contributed by atoms with E-state index in [1.165, 1.54) is 13.1 Å². The molecule has 0 bridgehead atoms. The zero-order chi connectivity index (χ0) is 22.8. The fourth-order valence-electron chi connectivity index (χ4n) is 4.82. The van der Waals surface area contributed by atoms with Crippen LogP contribution in [0, 0.1) is 10.8 Å². The Labute approximate surface area is 188 Å². The van der Waals surface area contributed by atoms with E-state index >= 15 is 0 Å². The van der Waals surface area contributed by atoms with Crippen molar-refractivity contribution < 1.29 is 23.0 Å². The number of halogens is 2. The smallest absolute Gasteiger partial charge is 0.281 e. The van der Waals surface area contributed by atoms with Gasteiger partial charge in [-0.3, -0.25) is 10.1 Å². The summed E-state index contributed by atoms with van der Waals surface area (Å²) in [5.41, 5.74) is -0.123. The van der Waals surface area contributed by atoms with Crippen molar-refractivity contribution in [3.8, 4) is 11.4 Å². The maximum Gasteiger partial charge on any atom is 0.281 e. The summed E-state index contributed by atoms with van der Waals surface area (Å²) in [6, 6.07) is 1.91. The molecule has 174 valence electrons. The lowest BCUT2D eigenvalue weighted by Crippen LogP contribution is -2.67. The van der Waals surface area contributed by atoms with Crippen molar-refractivity contribution in [2.24, 2.45) is 10.8 Å². The first-order valence-corrected chi connectivity index (χ1v) is 10.8. The number of aromatic nitrogens is 4. The number of carbonyl (C=O) groups is 1. The van der Waals surface area contributed by atoms with Gasteiger partial charge in [0.15, 0.2) is 5.82 Å². The van der Waals surface area contributed by atoms with Crippen molar-refractivity contribution in [2.75, 3.05) is 67.7 Å². The summed E-state index contributed by atoms with van der Waals surface area (Å²) >= 11 is 0. The molecule has 10 nitrogen and oxygen atoms in total. The van der Waals surface area contributed by atoms with Crippen molar-refractivity contribution in [2.45, 2.75) is 13.3 Å². The van der Waals surface area contributed by atoms with Crippen LogP contribution in [0.2, 0.25) is 0 Å². The highest BCUT2D eigenvalue weighted by Gasteiger charge is 2.51. The van der Waals surface area contributed by atoms with Crippen LogP contribution in [-0.2, 0) is 14.3 Å². The fourth-order valence-corrected chi connectivity index (χ4v) is 4.82. The van der Waals surface area contributed by atoms with Gasteiger partial charge in [0, 0.05) is 45.4 Å². The Bertz CT molecular complexity index is 1060. The van der Waals surface area contributed by atoms with Crippen LogP contribution in [0.1, 0.15) is 19.0 Å². The van der Waals surface area contributed by atoms with Gasteiger partial charge < -0.3 is 19.3 Å². The molecule has 0 saturated carbocycles. The monoisotopic (exact) mass is 459 g/mol. The quantitative estimate of drug-likeness (QED) is 0.712. The molecule has 0 aliphatic carbocycles. The topological polar surface area (TPSA) is 106 Å². The predicted molar refractivity (Wildman–Crippen MR) is 113 cm³/mol. The number of alkyl halides is 2. The lowest BCUT2D eigenvalue weighted by molar-refractivity contribution is -0.127. The second-order valence-corrected chi connectivity index (χ2v) is 9.58. The molecule has 1 N–H and O–H groups in total. The van der Waals surface area contributed by atoms with Gasteiger partial charge in [-0.1, -0.05) is 0 Å². The summed E-state index contributed by atoms with van der Waals surface area (Å²) in [4.78, 5) is 32.7. The molecule has 0 radical (unpaired) electrons. The molecule has 2 aromatic rings. The average Bonchev–Trinajstić information content (AvgIpc) is 2.63. The second-order valence-electron chi connectivity index (χ2n) is 9.58. The molecule has 4 aliphatic rings.